The van der Waals surface area contributed by atoms with Crippen LogP contribution in [0.3, 0.4) is 0 Å². The van der Waals surface area contributed by atoms with Crippen molar-refractivity contribution in [2.24, 2.45) is 5.92 Å². The number of nitrogens with zero attached hydrogens (tertiary/aromatic N) is 1. The molecule has 2 rings (SSSR count). The molecular formula is C14H18ClFN2O. The lowest BCUT2D eigenvalue weighted by atomic mass is 10.0. The van der Waals surface area contributed by atoms with E-state index < -0.39 is 0 Å². The molecule has 0 saturated carbocycles. The third-order valence-electron chi connectivity index (χ3n) is 3.51. The Bertz CT molecular complexity index is 467. The van der Waals surface area contributed by atoms with E-state index in [2.05, 4.69) is 10.2 Å². The highest BCUT2D eigenvalue weighted by Crippen LogP contribution is 2.23. The van der Waals surface area contributed by atoms with Gasteiger partial charge in [-0.15, -0.1) is 0 Å². The van der Waals surface area contributed by atoms with Gasteiger partial charge in [0.1, 0.15) is 5.82 Å². The maximum Gasteiger partial charge on any atom is 0.220 e. The van der Waals surface area contributed by atoms with Crippen LogP contribution in [0.25, 0.3) is 0 Å². The van der Waals surface area contributed by atoms with E-state index in [-0.39, 0.29) is 16.7 Å². The topological polar surface area (TPSA) is 32.3 Å². The first-order valence-corrected chi connectivity index (χ1v) is 6.83. The van der Waals surface area contributed by atoms with Gasteiger partial charge in [-0.05, 0) is 36.6 Å². The number of carbonyl (C=O) groups excluding carboxylic acids is 1. The van der Waals surface area contributed by atoms with E-state index in [0.717, 1.165) is 31.6 Å². The molecule has 0 aliphatic carbocycles. The highest BCUT2D eigenvalue weighted by Gasteiger charge is 2.24. The minimum Gasteiger partial charge on any atom is -0.359 e. The standard InChI is InChI=1S/C14H18ClFN2O/c1-17-14(19)7-11-4-5-18(9-11)8-10-2-3-13(16)12(15)6-10/h2-3,6,11H,4-5,7-9H2,1H3,(H,17,19). The van der Waals surface area contributed by atoms with Gasteiger partial charge in [0.2, 0.25) is 5.91 Å². The van der Waals surface area contributed by atoms with E-state index in [1.807, 2.05) is 0 Å². The minimum atomic E-state index is -0.385. The molecule has 5 heteroatoms. The summed E-state index contributed by atoms with van der Waals surface area (Å²) in [6, 6.07) is 4.83. The molecule has 1 amide bonds. The zero-order valence-electron chi connectivity index (χ0n) is 11.0. The third kappa shape index (κ3) is 3.91. The summed E-state index contributed by atoms with van der Waals surface area (Å²) in [6.45, 7) is 2.63. The van der Waals surface area contributed by atoms with Gasteiger partial charge >= 0.3 is 0 Å². The lowest BCUT2D eigenvalue weighted by molar-refractivity contribution is -0.121. The van der Waals surface area contributed by atoms with Crippen molar-refractivity contribution in [2.75, 3.05) is 20.1 Å². The molecule has 1 heterocycles. The zero-order chi connectivity index (χ0) is 13.8. The van der Waals surface area contributed by atoms with Gasteiger partial charge in [0, 0.05) is 26.6 Å². The second-order valence-corrected chi connectivity index (χ2v) is 5.42. The van der Waals surface area contributed by atoms with Crippen LogP contribution in [-0.4, -0.2) is 30.9 Å². The molecule has 104 valence electrons. The van der Waals surface area contributed by atoms with Gasteiger partial charge in [-0.25, -0.2) is 4.39 Å². The van der Waals surface area contributed by atoms with Crippen molar-refractivity contribution in [3.8, 4) is 0 Å². The number of hydrogen-bond acceptors (Lipinski definition) is 2. The van der Waals surface area contributed by atoms with Crippen LogP contribution >= 0.6 is 11.6 Å². The van der Waals surface area contributed by atoms with Crippen LogP contribution < -0.4 is 5.32 Å². The molecule has 0 aromatic heterocycles. The van der Waals surface area contributed by atoms with Crippen LogP contribution in [0.4, 0.5) is 4.39 Å². The van der Waals surface area contributed by atoms with Crippen molar-refractivity contribution < 1.29 is 9.18 Å². The smallest absolute Gasteiger partial charge is 0.220 e. The first-order chi connectivity index (χ1) is 9.08. The number of carbonyl (C=O) groups is 1. The lowest BCUT2D eigenvalue weighted by Gasteiger charge is -2.16. The van der Waals surface area contributed by atoms with Crippen LogP contribution in [0.2, 0.25) is 5.02 Å². The SMILES string of the molecule is CNC(=O)CC1CCN(Cc2ccc(F)c(Cl)c2)C1. The van der Waals surface area contributed by atoms with Gasteiger partial charge in [0.15, 0.2) is 0 Å². The average molecular weight is 285 g/mol. The van der Waals surface area contributed by atoms with Gasteiger partial charge in [0.05, 0.1) is 5.02 Å². The average Bonchev–Trinajstić information content (AvgIpc) is 2.81. The Kier molecular flexibility index (Phi) is 4.77. The summed E-state index contributed by atoms with van der Waals surface area (Å²) in [4.78, 5) is 13.6. The van der Waals surface area contributed by atoms with E-state index in [9.17, 15) is 9.18 Å². The van der Waals surface area contributed by atoms with Crippen molar-refractivity contribution in [2.45, 2.75) is 19.4 Å². The van der Waals surface area contributed by atoms with Crippen molar-refractivity contribution in [3.63, 3.8) is 0 Å². The predicted octanol–water partition coefficient (Wildman–Crippen LogP) is 2.44. The molecule has 1 aromatic carbocycles. The lowest BCUT2D eigenvalue weighted by Crippen LogP contribution is -2.24. The van der Waals surface area contributed by atoms with Crippen molar-refractivity contribution in [1.29, 1.82) is 0 Å². The van der Waals surface area contributed by atoms with Crippen LogP contribution in [0.1, 0.15) is 18.4 Å². The second kappa shape index (κ2) is 6.35. The first kappa shape index (κ1) is 14.3. The van der Waals surface area contributed by atoms with Crippen molar-refractivity contribution in [3.05, 3.63) is 34.6 Å². The molecule has 1 aromatic rings. The van der Waals surface area contributed by atoms with Gasteiger partial charge < -0.3 is 5.32 Å². The molecular weight excluding hydrogens is 267 g/mol. The maximum atomic E-state index is 13.1. The number of likely N-dealkylation sites (tertiary alicyclic amines) is 1. The van der Waals surface area contributed by atoms with E-state index >= 15 is 0 Å². The van der Waals surface area contributed by atoms with E-state index in [4.69, 9.17) is 11.6 Å². The van der Waals surface area contributed by atoms with Crippen molar-refractivity contribution >= 4 is 17.5 Å². The second-order valence-electron chi connectivity index (χ2n) is 5.02. The molecule has 1 fully saturated rings. The Morgan fingerprint density at radius 2 is 2.37 bits per heavy atom. The van der Waals surface area contributed by atoms with Gasteiger partial charge in [-0.1, -0.05) is 17.7 Å². The first-order valence-electron chi connectivity index (χ1n) is 6.45. The van der Waals surface area contributed by atoms with Crippen LogP contribution in [-0.2, 0) is 11.3 Å². The largest absolute Gasteiger partial charge is 0.359 e. The molecule has 1 aliphatic rings. The predicted molar refractivity (Wildman–Crippen MR) is 73.5 cm³/mol. The molecule has 1 atom stereocenters. The fourth-order valence-electron chi connectivity index (χ4n) is 2.48. The Balaban J connectivity index is 1.87. The van der Waals surface area contributed by atoms with E-state index in [0.29, 0.717) is 12.3 Å². The summed E-state index contributed by atoms with van der Waals surface area (Å²) < 4.78 is 13.1. The van der Waals surface area contributed by atoms with Gasteiger partial charge in [-0.2, -0.15) is 0 Å². The van der Waals surface area contributed by atoms with Gasteiger partial charge in [0.25, 0.3) is 0 Å². The summed E-state index contributed by atoms with van der Waals surface area (Å²) >= 11 is 5.77. The molecule has 1 unspecified atom stereocenters. The Morgan fingerprint density at radius 1 is 1.58 bits per heavy atom. The van der Waals surface area contributed by atoms with Crippen LogP contribution in [0, 0.1) is 11.7 Å². The third-order valence-corrected chi connectivity index (χ3v) is 3.80. The summed E-state index contributed by atoms with van der Waals surface area (Å²) in [5.41, 5.74) is 1.01. The van der Waals surface area contributed by atoms with Crippen molar-refractivity contribution in [1.82, 2.24) is 10.2 Å². The number of halogens is 2. The zero-order valence-corrected chi connectivity index (χ0v) is 11.7. The molecule has 0 spiro atoms. The molecule has 0 bridgehead atoms. The van der Waals surface area contributed by atoms with Crippen LogP contribution in [0.5, 0.6) is 0 Å². The summed E-state index contributed by atoms with van der Waals surface area (Å²) in [7, 11) is 1.66. The summed E-state index contributed by atoms with van der Waals surface area (Å²) in [6.07, 6.45) is 1.61. The van der Waals surface area contributed by atoms with Crippen LogP contribution in [0.15, 0.2) is 18.2 Å². The number of rotatable bonds is 4. The summed E-state index contributed by atoms with van der Waals surface area (Å²) in [5.74, 6) is 0.122. The molecule has 1 aliphatic heterocycles. The summed E-state index contributed by atoms with van der Waals surface area (Å²) in [5, 5.41) is 2.82. The number of nitrogens with one attached hydrogen (secondary N) is 1. The normalized spacial score (nSPS) is 19.6. The van der Waals surface area contributed by atoms with Gasteiger partial charge in [-0.3, -0.25) is 9.69 Å². The Morgan fingerprint density at radius 3 is 3.05 bits per heavy atom. The van der Waals surface area contributed by atoms with E-state index in [1.165, 1.54) is 6.07 Å². The van der Waals surface area contributed by atoms with E-state index in [1.54, 1.807) is 19.2 Å². The highest BCUT2D eigenvalue weighted by molar-refractivity contribution is 6.30. The maximum absolute atomic E-state index is 13.1. The molecule has 1 saturated heterocycles. The quantitative estimate of drug-likeness (QED) is 0.921. The molecule has 3 nitrogen and oxygen atoms in total. The molecule has 1 N–H and O–H groups in total. The molecule has 19 heavy (non-hydrogen) atoms. The number of benzene rings is 1. The highest BCUT2D eigenvalue weighted by atomic mass is 35.5. The molecule has 0 radical (unpaired) electrons. The number of hydrogen-bond donors (Lipinski definition) is 1. The Labute approximate surface area is 117 Å². The Hall–Kier alpha value is -1.13. The fourth-order valence-corrected chi connectivity index (χ4v) is 2.69. The number of amides is 1. The minimum absolute atomic E-state index is 0.0941. The fraction of sp³-hybridized carbons (Fsp3) is 0.500. The monoisotopic (exact) mass is 284 g/mol.